The molecule has 0 aromatic heterocycles. The van der Waals surface area contributed by atoms with Crippen LogP contribution in [0.5, 0.6) is 17.2 Å². The van der Waals surface area contributed by atoms with Crippen LogP contribution in [0, 0.1) is 0 Å². The van der Waals surface area contributed by atoms with E-state index in [1.165, 1.54) is 0 Å². The third-order valence-electron chi connectivity index (χ3n) is 3.86. The molecule has 25 heavy (non-hydrogen) atoms. The number of benzene rings is 2. The van der Waals surface area contributed by atoms with Gasteiger partial charge in [0.25, 0.3) is 0 Å². The van der Waals surface area contributed by atoms with Crippen molar-refractivity contribution in [3.05, 3.63) is 53.6 Å². The minimum atomic E-state index is -0.238. The lowest BCUT2D eigenvalue weighted by Gasteiger charge is -2.16. The van der Waals surface area contributed by atoms with Crippen molar-refractivity contribution in [3.8, 4) is 17.2 Å². The molecular formula is C19H24N2O4. The summed E-state index contributed by atoms with van der Waals surface area (Å²) in [6.07, 6.45) is 0. The molecule has 0 saturated carbocycles. The average Bonchev–Trinajstić information content (AvgIpc) is 2.66. The lowest BCUT2D eigenvalue weighted by molar-refractivity contribution is 0.237. The lowest BCUT2D eigenvalue weighted by atomic mass is 10.1. The molecule has 2 aromatic rings. The van der Waals surface area contributed by atoms with Gasteiger partial charge >= 0.3 is 6.03 Å². The predicted molar refractivity (Wildman–Crippen MR) is 96.3 cm³/mol. The van der Waals surface area contributed by atoms with Crippen LogP contribution in [0.2, 0.25) is 0 Å². The van der Waals surface area contributed by atoms with Gasteiger partial charge in [0, 0.05) is 6.54 Å². The highest BCUT2D eigenvalue weighted by Gasteiger charge is 2.10. The molecule has 134 valence electrons. The Hall–Kier alpha value is -2.89. The molecule has 1 unspecified atom stereocenters. The molecule has 2 aromatic carbocycles. The monoisotopic (exact) mass is 344 g/mol. The Morgan fingerprint density at radius 1 is 0.960 bits per heavy atom. The van der Waals surface area contributed by atoms with Crippen molar-refractivity contribution in [1.82, 2.24) is 10.6 Å². The summed E-state index contributed by atoms with van der Waals surface area (Å²) in [5.41, 5.74) is 1.92. The van der Waals surface area contributed by atoms with Gasteiger partial charge in [-0.05, 0) is 42.3 Å². The maximum absolute atomic E-state index is 12.1. The summed E-state index contributed by atoms with van der Waals surface area (Å²) in [5.74, 6) is 2.08. The second kappa shape index (κ2) is 8.82. The van der Waals surface area contributed by atoms with Gasteiger partial charge in [0.15, 0.2) is 11.5 Å². The molecular weight excluding hydrogens is 320 g/mol. The summed E-state index contributed by atoms with van der Waals surface area (Å²) in [6, 6.07) is 12.8. The van der Waals surface area contributed by atoms with E-state index in [0.717, 1.165) is 16.9 Å². The van der Waals surface area contributed by atoms with Gasteiger partial charge in [0.1, 0.15) is 5.75 Å². The summed E-state index contributed by atoms with van der Waals surface area (Å²) in [5, 5.41) is 5.75. The predicted octanol–water partition coefficient (Wildman–Crippen LogP) is 3.27. The molecule has 0 aliphatic rings. The number of hydrogen-bond donors (Lipinski definition) is 2. The SMILES string of the molecule is COc1ccc(C(C)NC(=O)NCc2ccc(OC)c(OC)c2)cc1. The molecule has 6 nitrogen and oxygen atoms in total. The number of hydrogen-bond acceptors (Lipinski definition) is 4. The zero-order valence-corrected chi connectivity index (χ0v) is 15.0. The smallest absolute Gasteiger partial charge is 0.315 e. The largest absolute Gasteiger partial charge is 0.497 e. The highest BCUT2D eigenvalue weighted by Crippen LogP contribution is 2.27. The van der Waals surface area contributed by atoms with Crippen molar-refractivity contribution in [2.45, 2.75) is 19.5 Å². The quantitative estimate of drug-likeness (QED) is 0.809. The Bertz CT molecular complexity index is 701. The van der Waals surface area contributed by atoms with E-state index in [-0.39, 0.29) is 12.1 Å². The van der Waals surface area contributed by atoms with E-state index in [4.69, 9.17) is 14.2 Å². The first kappa shape index (κ1) is 18.4. The number of urea groups is 1. The molecule has 0 aliphatic carbocycles. The van der Waals surface area contributed by atoms with Crippen LogP contribution < -0.4 is 24.8 Å². The van der Waals surface area contributed by atoms with Crippen molar-refractivity contribution in [2.75, 3.05) is 21.3 Å². The maximum Gasteiger partial charge on any atom is 0.315 e. The van der Waals surface area contributed by atoms with Crippen molar-refractivity contribution in [1.29, 1.82) is 0 Å². The van der Waals surface area contributed by atoms with Gasteiger partial charge in [-0.2, -0.15) is 0 Å². The molecule has 2 N–H and O–H groups in total. The lowest BCUT2D eigenvalue weighted by Crippen LogP contribution is -2.36. The molecule has 0 radical (unpaired) electrons. The van der Waals surface area contributed by atoms with Gasteiger partial charge in [0.2, 0.25) is 0 Å². The highest BCUT2D eigenvalue weighted by atomic mass is 16.5. The van der Waals surface area contributed by atoms with Crippen LogP contribution in [0.25, 0.3) is 0 Å². The number of rotatable bonds is 7. The summed E-state index contributed by atoms with van der Waals surface area (Å²) in [6.45, 7) is 2.32. The molecule has 0 saturated heterocycles. The van der Waals surface area contributed by atoms with Crippen LogP contribution in [0.1, 0.15) is 24.1 Å². The molecule has 0 fully saturated rings. The Morgan fingerprint density at radius 3 is 2.24 bits per heavy atom. The first-order valence-electron chi connectivity index (χ1n) is 7.96. The minimum Gasteiger partial charge on any atom is -0.497 e. The average molecular weight is 344 g/mol. The topological polar surface area (TPSA) is 68.8 Å². The fourth-order valence-electron chi connectivity index (χ4n) is 2.40. The molecule has 0 heterocycles. The van der Waals surface area contributed by atoms with E-state index >= 15 is 0 Å². The third kappa shape index (κ3) is 5.04. The number of nitrogens with one attached hydrogen (secondary N) is 2. The van der Waals surface area contributed by atoms with Crippen LogP contribution in [0.15, 0.2) is 42.5 Å². The van der Waals surface area contributed by atoms with Crippen LogP contribution >= 0.6 is 0 Å². The maximum atomic E-state index is 12.1. The third-order valence-corrected chi connectivity index (χ3v) is 3.86. The van der Waals surface area contributed by atoms with E-state index < -0.39 is 0 Å². The summed E-state index contributed by atoms with van der Waals surface area (Å²) >= 11 is 0. The molecule has 0 bridgehead atoms. The number of carbonyl (C=O) groups excluding carboxylic acids is 1. The molecule has 2 amide bonds. The van der Waals surface area contributed by atoms with Gasteiger partial charge in [-0.3, -0.25) is 0 Å². The Labute approximate surface area is 148 Å². The molecule has 1 atom stereocenters. The summed E-state index contributed by atoms with van der Waals surface area (Å²) in [4.78, 5) is 12.1. The van der Waals surface area contributed by atoms with E-state index in [2.05, 4.69) is 10.6 Å². The Kier molecular flexibility index (Phi) is 6.51. The van der Waals surface area contributed by atoms with E-state index in [0.29, 0.717) is 18.0 Å². The fraction of sp³-hybridized carbons (Fsp3) is 0.316. The van der Waals surface area contributed by atoms with Crippen molar-refractivity contribution in [3.63, 3.8) is 0 Å². The summed E-state index contributed by atoms with van der Waals surface area (Å²) < 4.78 is 15.6. The standard InChI is InChI=1S/C19H24N2O4/c1-13(15-6-8-16(23-2)9-7-15)21-19(22)20-12-14-5-10-17(24-3)18(11-14)25-4/h5-11,13H,12H2,1-4H3,(H2,20,21,22). The molecule has 0 aliphatic heterocycles. The highest BCUT2D eigenvalue weighted by molar-refractivity contribution is 5.74. The summed E-state index contributed by atoms with van der Waals surface area (Å²) in [7, 11) is 4.79. The zero-order chi connectivity index (χ0) is 18.2. The van der Waals surface area contributed by atoms with Crippen molar-refractivity contribution in [2.24, 2.45) is 0 Å². The van der Waals surface area contributed by atoms with E-state index in [1.807, 2.05) is 49.4 Å². The normalized spacial score (nSPS) is 11.4. The number of methoxy groups -OCH3 is 3. The Balaban J connectivity index is 1.89. The van der Waals surface area contributed by atoms with Gasteiger partial charge in [0.05, 0.1) is 27.4 Å². The van der Waals surface area contributed by atoms with Crippen molar-refractivity contribution < 1.29 is 19.0 Å². The van der Waals surface area contributed by atoms with Crippen LogP contribution in [-0.2, 0) is 6.54 Å². The second-order valence-electron chi connectivity index (χ2n) is 5.51. The van der Waals surface area contributed by atoms with Crippen LogP contribution in [-0.4, -0.2) is 27.4 Å². The second-order valence-corrected chi connectivity index (χ2v) is 5.51. The fourth-order valence-corrected chi connectivity index (χ4v) is 2.40. The van der Waals surface area contributed by atoms with Gasteiger partial charge in [-0.15, -0.1) is 0 Å². The van der Waals surface area contributed by atoms with Crippen LogP contribution in [0.3, 0.4) is 0 Å². The first-order valence-corrected chi connectivity index (χ1v) is 7.96. The Morgan fingerprint density at radius 2 is 1.64 bits per heavy atom. The molecule has 2 rings (SSSR count). The van der Waals surface area contributed by atoms with Gasteiger partial charge < -0.3 is 24.8 Å². The number of amides is 2. The molecule has 0 spiro atoms. The van der Waals surface area contributed by atoms with E-state index in [1.54, 1.807) is 21.3 Å². The van der Waals surface area contributed by atoms with E-state index in [9.17, 15) is 4.79 Å². The van der Waals surface area contributed by atoms with Gasteiger partial charge in [-0.1, -0.05) is 18.2 Å². The van der Waals surface area contributed by atoms with Gasteiger partial charge in [-0.25, -0.2) is 4.79 Å². The molecule has 6 heteroatoms. The van der Waals surface area contributed by atoms with Crippen LogP contribution in [0.4, 0.5) is 4.79 Å². The first-order chi connectivity index (χ1) is 12.1. The van der Waals surface area contributed by atoms with Crippen molar-refractivity contribution >= 4 is 6.03 Å². The number of carbonyl (C=O) groups is 1. The minimum absolute atomic E-state index is 0.115. The number of ether oxygens (including phenoxy) is 3. The zero-order valence-electron chi connectivity index (χ0n) is 15.0.